The molecular formula is C45H33N3. The summed E-state index contributed by atoms with van der Waals surface area (Å²) in [5.74, 6) is 0. The van der Waals surface area contributed by atoms with Gasteiger partial charge in [0, 0.05) is 33.0 Å². The van der Waals surface area contributed by atoms with E-state index in [0.717, 1.165) is 17.0 Å². The molecule has 0 spiro atoms. The van der Waals surface area contributed by atoms with Crippen LogP contribution in [0.1, 0.15) is 40.9 Å². The van der Waals surface area contributed by atoms with E-state index in [-0.39, 0.29) is 11.6 Å². The molecule has 2 aliphatic rings. The highest BCUT2D eigenvalue weighted by Gasteiger charge is 2.42. The van der Waals surface area contributed by atoms with Crippen LogP contribution in [-0.2, 0) is 5.41 Å². The molecular weight excluding hydrogens is 583 g/mol. The molecule has 1 aliphatic heterocycles. The van der Waals surface area contributed by atoms with Gasteiger partial charge in [0.25, 0.3) is 0 Å². The molecule has 2 unspecified atom stereocenters. The van der Waals surface area contributed by atoms with Crippen LogP contribution in [0.4, 0.5) is 5.69 Å². The van der Waals surface area contributed by atoms with Gasteiger partial charge in [-0.25, -0.2) is 0 Å². The number of benzodiazepines with no additional fused rings is 1. The first-order chi connectivity index (χ1) is 23.7. The molecule has 228 valence electrons. The van der Waals surface area contributed by atoms with Crippen molar-refractivity contribution in [3.05, 3.63) is 186 Å². The number of fused-ring (bicyclic) bond motifs is 8. The Morgan fingerprint density at radius 1 is 0.583 bits per heavy atom. The number of rotatable bonds is 3. The summed E-state index contributed by atoms with van der Waals surface area (Å²) in [4.78, 5) is 5.55. The smallest absolute Gasteiger partial charge is 0.124 e. The van der Waals surface area contributed by atoms with Crippen molar-refractivity contribution in [2.45, 2.75) is 18.5 Å². The van der Waals surface area contributed by atoms with Crippen molar-refractivity contribution < 1.29 is 0 Å². The van der Waals surface area contributed by atoms with Gasteiger partial charge in [0.15, 0.2) is 0 Å². The van der Waals surface area contributed by atoms with Crippen molar-refractivity contribution in [3.8, 4) is 11.1 Å². The molecule has 7 aromatic carbocycles. The van der Waals surface area contributed by atoms with Crippen LogP contribution >= 0.6 is 0 Å². The summed E-state index contributed by atoms with van der Waals surface area (Å²) in [5.41, 5.74) is 13.2. The van der Waals surface area contributed by atoms with Gasteiger partial charge >= 0.3 is 0 Å². The molecule has 0 saturated carbocycles. The summed E-state index contributed by atoms with van der Waals surface area (Å²) >= 11 is 0. The van der Waals surface area contributed by atoms with Crippen molar-refractivity contribution in [1.29, 1.82) is 0 Å². The quantitative estimate of drug-likeness (QED) is 0.211. The molecule has 2 heterocycles. The van der Waals surface area contributed by atoms with E-state index in [0.29, 0.717) is 6.54 Å². The lowest BCUT2D eigenvalue weighted by Gasteiger charge is -2.28. The molecule has 0 amide bonds. The van der Waals surface area contributed by atoms with E-state index in [2.05, 4.69) is 175 Å². The Kier molecular flexibility index (Phi) is 5.83. The maximum atomic E-state index is 5.55. The lowest BCUT2D eigenvalue weighted by molar-refractivity contribution is 0.613. The third-order valence-corrected chi connectivity index (χ3v) is 10.8. The fourth-order valence-electron chi connectivity index (χ4n) is 8.52. The number of nitrogens with zero attached hydrogens (tertiary/aromatic N) is 2. The van der Waals surface area contributed by atoms with E-state index < -0.39 is 0 Å². The van der Waals surface area contributed by atoms with Gasteiger partial charge in [0.1, 0.15) is 6.17 Å². The first-order valence-corrected chi connectivity index (χ1v) is 16.8. The van der Waals surface area contributed by atoms with Crippen LogP contribution in [0.5, 0.6) is 0 Å². The average Bonchev–Trinajstić information content (AvgIpc) is 3.52. The second kappa shape index (κ2) is 10.3. The van der Waals surface area contributed by atoms with Crippen molar-refractivity contribution in [1.82, 2.24) is 4.57 Å². The van der Waals surface area contributed by atoms with E-state index in [9.17, 15) is 0 Å². The predicted molar refractivity (Wildman–Crippen MR) is 200 cm³/mol. The second-order valence-corrected chi connectivity index (χ2v) is 13.3. The van der Waals surface area contributed by atoms with E-state index in [1.54, 1.807) is 0 Å². The molecule has 2 atom stereocenters. The highest BCUT2D eigenvalue weighted by atomic mass is 15.2. The summed E-state index contributed by atoms with van der Waals surface area (Å²) < 4.78 is 2.47. The highest BCUT2D eigenvalue weighted by Crippen LogP contribution is 2.54. The third-order valence-electron chi connectivity index (χ3n) is 10.8. The topological polar surface area (TPSA) is 29.3 Å². The Bertz CT molecular complexity index is 2590. The van der Waals surface area contributed by atoms with E-state index in [1.807, 2.05) is 0 Å². The van der Waals surface area contributed by atoms with Gasteiger partial charge < -0.3 is 9.88 Å². The second-order valence-electron chi connectivity index (χ2n) is 13.3. The molecule has 3 heteroatoms. The summed E-state index contributed by atoms with van der Waals surface area (Å²) in [7, 11) is 0. The molecule has 48 heavy (non-hydrogen) atoms. The van der Waals surface area contributed by atoms with Crippen LogP contribution in [-0.4, -0.2) is 16.8 Å². The van der Waals surface area contributed by atoms with Gasteiger partial charge in [-0.15, -0.1) is 0 Å². The zero-order valence-electron chi connectivity index (χ0n) is 26.7. The maximum absolute atomic E-state index is 5.55. The van der Waals surface area contributed by atoms with E-state index in [4.69, 9.17) is 4.99 Å². The van der Waals surface area contributed by atoms with Crippen molar-refractivity contribution in [2.75, 3.05) is 11.9 Å². The number of nitrogens with one attached hydrogen (secondary N) is 1. The molecule has 1 N–H and O–H groups in total. The number of aliphatic imine (C=N–C) groups is 1. The van der Waals surface area contributed by atoms with Gasteiger partial charge in [-0.05, 0) is 69.8 Å². The Labute approximate surface area is 279 Å². The Hall–Kier alpha value is -5.93. The van der Waals surface area contributed by atoms with Crippen LogP contribution in [0.2, 0.25) is 0 Å². The zero-order chi connectivity index (χ0) is 31.8. The summed E-state index contributed by atoms with van der Waals surface area (Å²) in [5, 5.41) is 9.00. The largest absolute Gasteiger partial charge is 0.363 e. The summed E-state index contributed by atoms with van der Waals surface area (Å²) in [6.45, 7) is 2.97. The molecule has 1 aliphatic carbocycles. The Morgan fingerprint density at radius 2 is 1.25 bits per heavy atom. The van der Waals surface area contributed by atoms with E-state index in [1.165, 1.54) is 66.0 Å². The lowest BCUT2D eigenvalue weighted by Crippen LogP contribution is -2.22. The van der Waals surface area contributed by atoms with Crippen LogP contribution < -0.4 is 5.32 Å². The summed E-state index contributed by atoms with van der Waals surface area (Å²) in [6.07, 6.45) is -0.0779. The van der Waals surface area contributed by atoms with E-state index >= 15 is 0 Å². The molecule has 1 aromatic heterocycles. The van der Waals surface area contributed by atoms with Gasteiger partial charge in [-0.2, -0.15) is 0 Å². The number of aromatic nitrogens is 1. The fourth-order valence-corrected chi connectivity index (χ4v) is 8.52. The number of hydrogen-bond donors (Lipinski definition) is 1. The fraction of sp³-hybridized carbons (Fsp3) is 0.0889. The first-order valence-electron chi connectivity index (χ1n) is 16.8. The monoisotopic (exact) mass is 615 g/mol. The SMILES string of the molecule is CC1(c2ccccc2)c2ccccc2-c2c(C3=NCC(n4c5ccccc5c5cc6ccccc6cc54)Nc4ccccc43)cccc21. The summed E-state index contributed by atoms with van der Waals surface area (Å²) in [6, 6.07) is 57.5. The highest BCUT2D eigenvalue weighted by molar-refractivity contribution is 6.20. The lowest BCUT2D eigenvalue weighted by atomic mass is 9.74. The van der Waals surface area contributed by atoms with Crippen LogP contribution in [0.3, 0.4) is 0 Å². The zero-order valence-corrected chi connectivity index (χ0v) is 26.7. The average molecular weight is 616 g/mol. The third kappa shape index (κ3) is 3.79. The minimum absolute atomic E-state index is 0.0779. The molecule has 10 rings (SSSR count). The Balaban J connectivity index is 1.19. The molecule has 3 nitrogen and oxygen atoms in total. The number of anilines is 1. The normalized spacial score (nSPS) is 18.2. The predicted octanol–water partition coefficient (Wildman–Crippen LogP) is 10.7. The van der Waals surface area contributed by atoms with Gasteiger partial charge in [0.2, 0.25) is 0 Å². The molecule has 0 radical (unpaired) electrons. The van der Waals surface area contributed by atoms with Gasteiger partial charge in [-0.1, -0.05) is 133 Å². The first kappa shape index (κ1) is 27.2. The van der Waals surface area contributed by atoms with Crippen molar-refractivity contribution >= 4 is 44.0 Å². The van der Waals surface area contributed by atoms with Crippen LogP contribution in [0.25, 0.3) is 43.7 Å². The van der Waals surface area contributed by atoms with Gasteiger partial charge in [0.05, 0.1) is 23.3 Å². The van der Waals surface area contributed by atoms with Crippen LogP contribution in [0, 0.1) is 0 Å². The minimum Gasteiger partial charge on any atom is -0.363 e. The minimum atomic E-state index is -0.263. The maximum Gasteiger partial charge on any atom is 0.124 e. The van der Waals surface area contributed by atoms with Crippen LogP contribution in [0.15, 0.2) is 163 Å². The Morgan fingerprint density at radius 3 is 2.12 bits per heavy atom. The number of hydrogen-bond acceptors (Lipinski definition) is 2. The van der Waals surface area contributed by atoms with Crippen molar-refractivity contribution in [2.24, 2.45) is 4.99 Å². The molecule has 0 bridgehead atoms. The molecule has 0 saturated heterocycles. The number of para-hydroxylation sites is 2. The van der Waals surface area contributed by atoms with Gasteiger partial charge in [-0.3, -0.25) is 4.99 Å². The molecule has 8 aromatic rings. The molecule has 0 fully saturated rings. The standard InChI is InChI=1S/C45H33N3/c1-45(31-16-3-2-4-17-31)37-22-10-7-19-33(37)43-35(21-13-23-38(43)45)44-34-20-8-11-24-39(34)47-42(28-46-44)48-40-25-12-9-18-32(40)36-26-29-14-5-6-15-30(29)27-41(36)48/h2-27,42,47H,28H2,1H3. The number of benzene rings is 7. The van der Waals surface area contributed by atoms with Crippen molar-refractivity contribution in [3.63, 3.8) is 0 Å².